The highest BCUT2D eigenvalue weighted by Gasteiger charge is 2.07. The summed E-state index contributed by atoms with van der Waals surface area (Å²) in [6.45, 7) is 6.75. The summed E-state index contributed by atoms with van der Waals surface area (Å²) < 4.78 is 0. The molecule has 0 saturated carbocycles. The molecule has 0 heterocycles. The molecule has 1 aromatic rings. The second-order valence-electron chi connectivity index (χ2n) is 3.94. The van der Waals surface area contributed by atoms with E-state index in [1.165, 1.54) is 11.1 Å². The van der Waals surface area contributed by atoms with Crippen LogP contribution in [0.4, 0.5) is 0 Å². The second-order valence-corrected chi connectivity index (χ2v) is 3.94. The van der Waals surface area contributed by atoms with Crippen molar-refractivity contribution in [2.75, 3.05) is 0 Å². The van der Waals surface area contributed by atoms with Gasteiger partial charge in [0, 0.05) is 0 Å². The molecule has 0 nitrogen and oxygen atoms in total. The molecular formula is C11H17B. The summed E-state index contributed by atoms with van der Waals surface area (Å²) in [5.74, 6) is 1.28. The topological polar surface area (TPSA) is 0 Å². The highest BCUT2D eigenvalue weighted by Crippen LogP contribution is 2.23. The first-order valence-corrected chi connectivity index (χ1v) is 4.71. The Kier molecular flexibility index (Phi) is 2.96. The number of rotatable bonds is 2. The smallest absolute Gasteiger partial charge is 0.0658 e. The lowest BCUT2D eigenvalue weighted by molar-refractivity contribution is 0.839. The molecule has 1 rings (SSSR count). The van der Waals surface area contributed by atoms with Crippen LogP contribution in [0.3, 0.4) is 0 Å². The van der Waals surface area contributed by atoms with Gasteiger partial charge in [-0.05, 0) is 22.9 Å². The fourth-order valence-corrected chi connectivity index (χ4v) is 1.56. The van der Waals surface area contributed by atoms with Crippen molar-refractivity contribution in [3.8, 4) is 0 Å². The predicted molar refractivity (Wildman–Crippen MR) is 57.5 cm³/mol. The van der Waals surface area contributed by atoms with Gasteiger partial charge >= 0.3 is 0 Å². The van der Waals surface area contributed by atoms with Crippen molar-refractivity contribution >= 4 is 7.85 Å². The van der Waals surface area contributed by atoms with Gasteiger partial charge in [-0.25, -0.2) is 0 Å². The minimum Gasteiger partial charge on any atom is -0.0658 e. The number of benzene rings is 1. The van der Waals surface area contributed by atoms with Crippen LogP contribution in [0, 0.1) is 0 Å². The summed E-state index contributed by atoms with van der Waals surface area (Å²) in [4.78, 5) is 0. The lowest BCUT2D eigenvalue weighted by Crippen LogP contribution is -1.99. The Labute approximate surface area is 76.4 Å². The van der Waals surface area contributed by atoms with Crippen molar-refractivity contribution in [2.45, 2.75) is 32.5 Å². The van der Waals surface area contributed by atoms with Crippen LogP contribution in [0.1, 0.15) is 43.6 Å². The molecule has 1 heteroatoms. The van der Waals surface area contributed by atoms with Crippen LogP contribution in [0.15, 0.2) is 24.3 Å². The molecule has 0 saturated heterocycles. The Morgan fingerprint density at radius 1 is 1.00 bits per heavy atom. The minimum atomic E-state index is 0.642. The summed E-state index contributed by atoms with van der Waals surface area (Å²) in [6, 6.07) is 8.72. The molecule has 0 aliphatic heterocycles. The van der Waals surface area contributed by atoms with Gasteiger partial charge in [0.1, 0.15) is 7.85 Å². The third-order valence-corrected chi connectivity index (χ3v) is 2.24. The maximum absolute atomic E-state index is 2.25. The largest absolute Gasteiger partial charge is 0.110 e. The molecule has 1 unspecified atom stereocenters. The van der Waals surface area contributed by atoms with E-state index in [2.05, 4.69) is 52.9 Å². The maximum atomic E-state index is 2.25. The van der Waals surface area contributed by atoms with Gasteiger partial charge in [0.05, 0.1) is 0 Å². The van der Waals surface area contributed by atoms with Gasteiger partial charge in [0.25, 0.3) is 0 Å². The van der Waals surface area contributed by atoms with Crippen LogP contribution in [0.2, 0.25) is 0 Å². The molecular weight excluding hydrogens is 143 g/mol. The van der Waals surface area contributed by atoms with Crippen molar-refractivity contribution in [3.63, 3.8) is 0 Å². The number of hydrogen-bond acceptors (Lipinski definition) is 0. The first-order chi connectivity index (χ1) is 5.63. The SMILES string of the molecule is BC(C)c1ccccc1C(C)C. The Balaban J connectivity index is 3.09. The standard InChI is InChI=1S/C11H17B/c1-8(2)10-6-4-5-7-11(10)9(3)12/h4-9H,12H2,1-3H3. The lowest BCUT2D eigenvalue weighted by Gasteiger charge is -2.14. The minimum absolute atomic E-state index is 0.642. The van der Waals surface area contributed by atoms with Gasteiger partial charge in [0.2, 0.25) is 0 Å². The quantitative estimate of drug-likeness (QED) is 0.583. The van der Waals surface area contributed by atoms with E-state index in [1.54, 1.807) is 0 Å². The predicted octanol–water partition coefficient (Wildman–Crippen LogP) is 2.50. The van der Waals surface area contributed by atoms with Crippen LogP contribution < -0.4 is 0 Å². The molecule has 0 radical (unpaired) electrons. The summed E-state index contributed by atoms with van der Waals surface area (Å²) in [5, 5.41) is 0. The van der Waals surface area contributed by atoms with E-state index >= 15 is 0 Å². The summed E-state index contributed by atoms with van der Waals surface area (Å²) >= 11 is 0. The molecule has 0 amide bonds. The Morgan fingerprint density at radius 3 is 1.83 bits per heavy atom. The highest BCUT2D eigenvalue weighted by molar-refractivity contribution is 6.12. The first-order valence-electron chi connectivity index (χ1n) is 4.71. The first kappa shape index (κ1) is 9.37. The molecule has 1 atom stereocenters. The number of hydrogen-bond donors (Lipinski definition) is 0. The van der Waals surface area contributed by atoms with Gasteiger partial charge in [-0.15, -0.1) is 0 Å². The monoisotopic (exact) mass is 160 g/mol. The molecule has 0 aliphatic carbocycles. The molecule has 0 aliphatic rings. The summed E-state index contributed by atoms with van der Waals surface area (Å²) in [7, 11) is 2.25. The summed E-state index contributed by atoms with van der Waals surface area (Å²) in [5.41, 5.74) is 2.99. The zero-order valence-electron chi connectivity index (χ0n) is 8.46. The van der Waals surface area contributed by atoms with E-state index in [0.717, 1.165) is 0 Å². The Hall–Kier alpha value is -0.715. The molecule has 12 heavy (non-hydrogen) atoms. The van der Waals surface area contributed by atoms with Crippen LogP contribution in [-0.4, -0.2) is 7.85 Å². The van der Waals surface area contributed by atoms with Gasteiger partial charge in [-0.1, -0.05) is 45.0 Å². The van der Waals surface area contributed by atoms with Crippen LogP contribution in [0.25, 0.3) is 0 Å². The van der Waals surface area contributed by atoms with Crippen molar-refractivity contribution < 1.29 is 0 Å². The van der Waals surface area contributed by atoms with E-state index < -0.39 is 0 Å². The van der Waals surface area contributed by atoms with Crippen molar-refractivity contribution in [1.82, 2.24) is 0 Å². The molecule has 0 fully saturated rings. The van der Waals surface area contributed by atoms with Crippen LogP contribution in [-0.2, 0) is 0 Å². The fourth-order valence-electron chi connectivity index (χ4n) is 1.56. The fraction of sp³-hybridized carbons (Fsp3) is 0.455. The molecule has 64 valence electrons. The van der Waals surface area contributed by atoms with Crippen molar-refractivity contribution in [3.05, 3.63) is 35.4 Å². The maximum Gasteiger partial charge on any atom is 0.110 e. The third kappa shape index (κ3) is 1.91. The average Bonchev–Trinajstić information content (AvgIpc) is 2.04. The van der Waals surface area contributed by atoms with E-state index in [0.29, 0.717) is 11.7 Å². The van der Waals surface area contributed by atoms with Gasteiger partial charge < -0.3 is 0 Å². The average molecular weight is 160 g/mol. The second kappa shape index (κ2) is 3.80. The van der Waals surface area contributed by atoms with Crippen molar-refractivity contribution in [2.24, 2.45) is 0 Å². The van der Waals surface area contributed by atoms with Gasteiger partial charge in [0.15, 0.2) is 0 Å². The Morgan fingerprint density at radius 2 is 1.50 bits per heavy atom. The molecule has 0 N–H and O–H groups in total. The molecule has 1 aromatic carbocycles. The van der Waals surface area contributed by atoms with Gasteiger partial charge in [-0.2, -0.15) is 0 Å². The van der Waals surface area contributed by atoms with Crippen molar-refractivity contribution in [1.29, 1.82) is 0 Å². The third-order valence-electron chi connectivity index (χ3n) is 2.24. The molecule has 0 aromatic heterocycles. The highest BCUT2D eigenvalue weighted by atomic mass is 14.1. The molecule has 0 bridgehead atoms. The van der Waals surface area contributed by atoms with E-state index in [1.807, 2.05) is 0 Å². The van der Waals surface area contributed by atoms with E-state index in [9.17, 15) is 0 Å². The lowest BCUT2D eigenvalue weighted by atomic mass is 9.78. The van der Waals surface area contributed by atoms with E-state index in [-0.39, 0.29) is 0 Å². The Bertz CT molecular complexity index is 224. The molecule has 0 spiro atoms. The van der Waals surface area contributed by atoms with Gasteiger partial charge in [-0.3, -0.25) is 0 Å². The summed E-state index contributed by atoms with van der Waals surface area (Å²) in [6.07, 6.45) is 0. The normalized spacial score (nSPS) is 13.3. The zero-order chi connectivity index (χ0) is 9.14. The van der Waals surface area contributed by atoms with Crippen LogP contribution >= 0.6 is 0 Å². The van der Waals surface area contributed by atoms with Crippen LogP contribution in [0.5, 0.6) is 0 Å². The zero-order valence-corrected chi connectivity index (χ0v) is 8.46. The van der Waals surface area contributed by atoms with E-state index in [4.69, 9.17) is 0 Å².